The summed E-state index contributed by atoms with van der Waals surface area (Å²) in [6, 6.07) is 5.55. The van der Waals surface area contributed by atoms with Gasteiger partial charge in [-0.25, -0.2) is 0 Å². The van der Waals surface area contributed by atoms with Crippen LogP contribution in [0.2, 0.25) is 0 Å². The molecule has 1 aromatic carbocycles. The van der Waals surface area contributed by atoms with Gasteiger partial charge in [0.2, 0.25) is 11.8 Å². The van der Waals surface area contributed by atoms with E-state index in [1.165, 1.54) is 4.90 Å². The molecule has 0 bridgehead atoms. The van der Waals surface area contributed by atoms with Crippen LogP contribution in [0.5, 0.6) is 0 Å². The summed E-state index contributed by atoms with van der Waals surface area (Å²) in [6.45, 7) is 3.54. The van der Waals surface area contributed by atoms with Crippen LogP contribution in [0, 0.1) is 13.8 Å². The van der Waals surface area contributed by atoms with Crippen molar-refractivity contribution in [2.24, 2.45) is 0 Å². The molecule has 1 fully saturated rings. The molecule has 0 saturated carbocycles. The Kier molecular flexibility index (Phi) is 3.14. The minimum Gasteiger partial charge on any atom is -0.320 e. The molecule has 2 rings (SSSR count). The lowest BCUT2D eigenvalue weighted by Crippen LogP contribution is -2.53. The zero-order valence-corrected chi connectivity index (χ0v) is 10.3. The lowest BCUT2D eigenvalue weighted by molar-refractivity contribution is -0.135. The van der Waals surface area contributed by atoms with Crippen molar-refractivity contribution in [1.82, 2.24) is 10.2 Å². The molecule has 0 spiro atoms. The van der Waals surface area contributed by atoms with E-state index in [4.69, 9.17) is 0 Å². The van der Waals surface area contributed by atoms with Gasteiger partial charge >= 0.3 is 0 Å². The smallest absolute Gasteiger partial charge is 0.255 e. The maximum atomic E-state index is 12.3. The van der Waals surface area contributed by atoms with Crippen molar-refractivity contribution in [1.29, 1.82) is 0 Å². The predicted molar refractivity (Wildman–Crippen MR) is 65.0 cm³/mol. The second-order valence-electron chi connectivity index (χ2n) is 4.40. The van der Waals surface area contributed by atoms with E-state index in [0.29, 0.717) is 5.56 Å². The van der Waals surface area contributed by atoms with Crippen LogP contribution < -0.4 is 5.32 Å². The molecule has 0 aliphatic carbocycles. The highest BCUT2D eigenvalue weighted by molar-refractivity contribution is 6.06. The second kappa shape index (κ2) is 4.60. The summed E-state index contributed by atoms with van der Waals surface area (Å²) < 4.78 is 0. The Hall–Kier alpha value is -2.17. The summed E-state index contributed by atoms with van der Waals surface area (Å²) in [5, 5.41) is 2.17. The van der Waals surface area contributed by atoms with Crippen molar-refractivity contribution in [3.63, 3.8) is 0 Å². The number of amides is 3. The summed E-state index contributed by atoms with van der Waals surface area (Å²) in [5.74, 6) is -1.15. The van der Waals surface area contributed by atoms with Crippen molar-refractivity contribution in [3.8, 4) is 0 Å². The van der Waals surface area contributed by atoms with Gasteiger partial charge in [0.15, 0.2) is 0 Å². The fourth-order valence-corrected chi connectivity index (χ4v) is 2.09. The largest absolute Gasteiger partial charge is 0.320 e. The summed E-state index contributed by atoms with van der Waals surface area (Å²) in [6.07, 6.45) is 0. The molecule has 0 atom stereocenters. The quantitative estimate of drug-likeness (QED) is 0.729. The van der Waals surface area contributed by atoms with Gasteiger partial charge in [0.25, 0.3) is 5.91 Å². The molecular weight excluding hydrogens is 232 g/mol. The van der Waals surface area contributed by atoms with Crippen molar-refractivity contribution in [2.45, 2.75) is 13.8 Å². The molecular formula is C13H14N2O3. The van der Waals surface area contributed by atoms with Crippen LogP contribution in [-0.2, 0) is 9.59 Å². The Morgan fingerprint density at radius 2 is 1.61 bits per heavy atom. The number of aryl methyl sites for hydroxylation is 2. The van der Waals surface area contributed by atoms with Crippen LogP contribution in [0.1, 0.15) is 21.5 Å². The van der Waals surface area contributed by atoms with Gasteiger partial charge in [-0.15, -0.1) is 0 Å². The topological polar surface area (TPSA) is 66.5 Å². The minimum absolute atomic E-state index is 0.0711. The first-order valence-corrected chi connectivity index (χ1v) is 5.67. The van der Waals surface area contributed by atoms with E-state index in [1.807, 2.05) is 32.0 Å². The Morgan fingerprint density at radius 1 is 1.11 bits per heavy atom. The van der Waals surface area contributed by atoms with Gasteiger partial charge in [0, 0.05) is 5.56 Å². The Balaban J connectivity index is 2.31. The van der Waals surface area contributed by atoms with Crippen LogP contribution in [0.15, 0.2) is 18.2 Å². The zero-order valence-electron chi connectivity index (χ0n) is 10.3. The predicted octanol–water partition coefficient (Wildman–Crippen LogP) is 0.402. The van der Waals surface area contributed by atoms with E-state index < -0.39 is 11.8 Å². The first kappa shape index (κ1) is 12.3. The Morgan fingerprint density at radius 3 is 2.11 bits per heavy atom. The van der Waals surface area contributed by atoms with Gasteiger partial charge in [-0.3, -0.25) is 19.7 Å². The lowest BCUT2D eigenvalue weighted by Gasteiger charge is -2.26. The van der Waals surface area contributed by atoms with Crippen molar-refractivity contribution >= 4 is 17.7 Å². The van der Waals surface area contributed by atoms with Crippen molar-refractivity contribution in [3.05, 3.63) is 34.9 Å². The van der Waals surface area contributed by atoms with Gasteiger partial charge in [-0.2, -0.15) is 0 Å². The molecule has 1 aromatic rings. The Bertz CT molecular complexity index is 501. The summed E-state index contributed by atoms with van der Waals surface area (Å²) in [5.41, 5.74) is 2.26. The van der Waals surface area contributed by atoms with Gasteiger partial charge in [0.1, 0.15) is 13.1 Å². The van der Waals surface area contributed by atoms with E-state index in [9.17, 15) is 14.4 Å². The third-order valence-corrected chi connectivity index (χ3v) is 2.93. The van der Waals surface area contributed by atoms with Crippen LogP contribution in [0.3, 0.4) is 0 Å². The third-order valence-electron chi connectivity index (χ3n) is 2.93. The third kappa shape index (κ3) is 2.25. The van der Waals surface area contributed by atoms with Crippen LogP contribution in [0.25, 0.3) is 0 Å². The number of hydrogen-bond donors (Lipinski definition) is 1. The van der Waals surface area contributed by atoms with Crippen LogP contribution in [-0.4, -0.2) is 35.7 Å². The molecule has 5 nitrogen and oxygen atoms in total. The molecule has 5 heteroatoms. The number of hydrogen-bond acceptors (Lipinski definition) is 3. The minimum atomic E-state index is -0.439. The highest BCUT2D eigenvalue weighted by atomic mass is 16.2. The van der Waals surface area contributed by atoms with Gasteiger partial charge in [0.05, 0.1) is 0 Å². The Labute approximate surface area is 105 Å². The average Bonchev–Trinajstić information content (AvgIpc) is 2.27. The lowest BCUT2D eigenvalue weighted by atomic mass is 10.0. The highest BCUT2D eigenvalue weighted by Gasteiger charge is 2.28. The molecule has 18 heavy (non-hydrogen) atoms. The number of piperazine rings is 1. The van der Waals surface area contributed by atoms with E-state index in [2.05, 4.69) is 5.32 Å². The number of benzene rings is 1. The molecule has 1 N–H and O–H groups in total. The fourth-order valence-electron chi connectivity index (χ4n) is 2.09. The molecule has 3 amide bonds. The molecule has 0 unspecified atom stereocenters. The highest BCUT2D eigenvalue weighted by Crippen LogP contribution is 2.16. The first-order chi connectivity index (χ1) is 8.49. The van der Waals surface area contributed by atoms with E-state index in [1.54, 1.807) is 0 Å². The van der Waals surface area contributed by atoms with E-state index >= 15 is 0 Å². The molecule has 1 heterocycles. The first-order valence-electron chi connectivity index (χ1n) is 5.67. The van der Waals surface area contributed by atoms with Crippen LogP contribution in [0.4, 0.5) is 0 Å². The zero-order chi connectivity index (χ0) is 13.3. The van der Waals surface area contributed by atoms with Crippen LogP contribution >= 0.6 is 0 Å². The molecule has 1 aliphatic heterocycles. The molecule has 0 radical (unpaired) electrons. The SMILES string of the molecule is Cc1cccc(C)c1C(=O)N1CC(=O)NC(=O)C1. The number of carbonyl (C=O) groups excluding carboxylic acids is 3. The van der Waals surface area contributed by atoms with Crippen molar-refractivity contribution < 1.29 is 14.4 Å². The normalized spacial score (nSPS) is 15.6. The summed E-state index contributed by atoms with van der Waals surface area (Å²) in [7, 11) is 0. The average molecular weight is 246 g/mol. The summed E-state index contributed by atoms with van der Waals surface area (Å²) in [4.78, 5) is 36.1. The van der Waals surface area contributed by atoms with Gasteiger partial charge in [-0.1, -0.05) is 18.2 Å². The number of carbonyl (C=O) groups is 3. The van der Waals surface area contributed by atoms with E-state index in [0.717, 1.165) is 11.1 Å². The second-order valence-corrected chi connectivity index (χ2v) is 4.40. The standard InChI is InChI=1S/C13H14N2O3/c1-8-4-3-5-9(2)12(8)13(18)15-6-10(16)14-11(17)7-15/h3-5H,6-7H2,1-2H3,(H,14,16,17). The van der Waals surface area contributed by atoms with Gasteiger partial charge < -0.3 is 4.90 Å². The van der Waals surface area contributed by atoms with E-state index in [-0.39, 0.29) is 19.0 Å². The maximum Gasteiger partial charge on any atom is 0.255 e. The number of nitrogens with one attached hydrogen (secondary N) is 1. The van der Waals surface area contributed by atoms with Crippen molar-refractivity contribution in [2.75, 3.05) is 13.1 Å². The number of rotatable bonds is 1. The molecule has 1 saturated heterocycles. The molecule has 94 valence electrons. The molecule has 0 aromatic heterocycles. The molecule has 1 aliphatic rings. The van der Waals surface area contributed by atoms with Gasteiger partial charge in [-0.05, 0) is 25.0 Å². The number of imide groups is 1. The fraction of sp³-hybridized carbons (Fsp3) is 0.308. The maximum absolute atomic E-state index is 12.3. The number of nitrogens with zero attached hydrogens (tertiary/aromatic N) is 1. The monoisotopic (exact) mass is 246 g/mol. The summed E-state index contributed by atoms with van der Waals surface area (Å²) >= 11 is 0.